The highest BCUT2D eigenvalue weighted by molar-refractivity contribution is 7.92. The molecular formula is C17H16Cl2N2O3S. The van der Waals surface area contributed by atoms with Crippen LogP contribution >= 0.6 is 23.2 Å². The van der Waals surface area contributed by atoms with Crippen molar-refractivity contribution in [2.45, 2.75) is 6.42 Å². The Bertz CT molecular complexity index is 869. The van der Waals surface area contributed by atoms with Crippen LogP contribution in [0.1, 0.15) is 12.0 Å². The molecule has 25 heavy (non-hydrogen) atoms. The van der Waals surface area contributed by atoms with Crippen molar-refractivity contribution in [2.75, 3.05) is 11.9 Å². The smallest absolute Gasteiger partial charge is 0.233 e. The van der Waals surface area contributed by atoms with Crippen LogP contribution in [0, 0.1) is 0 Å². The Morgan fingerprint density at radius 3 is 2.44 bits per heavy atom. The fourth-order valence-corrected chi connectivity index (χ4v) is 3.00. The molecule has 2 aromatic rings. The summed E-state index contributed by atoms with van der Waals surface area (Å²) in [7, 11) is -3.61. The zero-order chi connectivity index (χ0) is 18.3. The molecule has 0 aliphatic rings. The summed E-state index contributed by atoms with van der Waals surface area (Å²) in [4.78, 5) is 11.8. The van der Waals surface area contributed by atoms with Crippen LogP contribution in [0.4, 0.5) is 5.69 Å². The lowest BCUT2D eigenvalue weighted by atomic mass is 10.2. The maximum atomic E-state index is 11.9. The summed E-state index contributed by atoms with van der Waals surface area (Å²) in [6.45, 7) is -0.0192. The van der Waals surface area contributed by atoms with E-state index < -0.39 is 10.0 Å². The van der Waals surface area contributed by atoms with E-state index in [2.05, 4.69) is 10.0 Å². The highest BCUT2D eigenvalue weighted by Crippen LogP contribution is 2.24. The Labute approximate surface area is 156 Å². The van der Waals surface area contributed by atoms with Gasteiger partial charge < -0.3 is 5.32 Å². The summed E-state index contributed by atoms with van der Waals surface area (Å²) in [5.74, 6) is -0.340. The fraction of sp³-hybridized carbons (Fsp3) is 0.118. The molecule has 0 unspecified atom stereocenters. The third-order valence-corrected chi connectivity index (χ3v) is 4.94. The van der Waals surface area contributed by atoms with Crippen LogP contribution in [-0.4, -0.2) is 20.9 Å². The largest absolute Gasteiger partial charge is 0.326 e. The number of amides is 1. The summed E-state index contributed by atoms with van der Waals surface area (Å²) in [5.41, 5.74) is 1.26. The van der Waals surface area contributed by atoms with E-state index in [4.69, 9.17) is 23.2 Å². The van der Waals surface area contributed by atoms with Crippen LogP contribution in [0.3, 0.4) is 0 Å². The molecule has 132 valence electrons. The van der Waals surface area contributed by atoms with Gasteiger partial charge in [-0.05, 0) is 29.8 Å². The Hall–Kier alpha value is -1.86. The molecule has 0 radical (unpaired) electrons. The summed E-state index contributed by atoms with van der Waals surface area (Å²) in [6, 6.07) is 13.7. The van der Waals surface area contributed by atoms with Gasteiger partial charge in [-0.1, -0.05) is 53.5 Å². The third-order valence-electron chi connectivity index (χ3n) is 3.10. The predicted octanol–water partition coefficient (Wildman–Crippen LogP) is 3.91. The molecular weight excluding hydrogens is 383 g/mol. The Morgan fingerprint density at radius 2 is 1.76 bits per heavy atom. The second-order valence-corrected chi connectivity index (χ2v) is 7.55. The van der Waals surface area contributed by atoms with E-state index in [9.17, 15) is 13.2 Å². The Morgan fingerprint density at radius 1 is 1.04 bits per heavy atom. The van der Waals surface area contributed by atoms with Crippen LogP contribution in [-0.2, 0) is 14.8 Å². The van der Waals surface area contributed by atoms with Crippen molar-refractivity contribution in [3.63, 3.8) is 0 Å². The van der Waals surface area contributed by atoms with Gasteiger partial charge in [-0.2, -0.15) is 0 Å². The maximum absolute atomic E-state index is 11.9. The van der Waals surface area contributed by atoms with Crippen LogP contribution in [0.2, 0.25) is 10.0 Å². The molecule has 0 aliphatic heterocycles. The van der Waals surface area contributed by atoms with Gasteiger partial charge in [0, 0.05) is 24.1 Å². The predicted molar refractivity (Wildman–Crippen MR) is 102 cm³/mol. The zero-order valence-electron chi connectivity index (χ0n) is 13.1. The minimum Gasteiger partial charge on any atom is -0.326 e. The lowest BCUT2D eigenvalue weighted by molar-refractivity contribution is -0.116. The first-order valence-electron chi connectivity index (χ1n) is 7.33. The van der Waals surface area contributed by atoms with Crippen molar-refractivity contribution >= 4 is 50.9 Å². The van der Waals surface area contributed by atoms with Crippen molar-refractivity contribution in [3.05, 3.63) is 69.5 Å². The number of anilines is 1. The summed E-state index contributed by atoms with van der Waals surface area (Å²) in [6.07, 6.45) is 1.47. The number of carbonyl (C=O) groups excluding carboxylic acids is 1. The SMILES string of the molecule is O=C(CCNS(=O)(=O)/C=C/c1ccccc1)Nc1ccc(Cl)c(Cl)c1. The Kier molecular flexibility index (Phi) is 7.01. The Balaban J connectivity index is 1.81. The van der Waals surface area contributed by atoms with E-state index in [0.29, 0.717) is 15.7 Å². The van der Waals surface area contributed by atoms with E-state index >= 15 is 0 Å². The number of hydrogen-bond donors (Lipinski definition) is 2. The molecule has 0 aromatic heterocycles. The first kappa shape index (κ1) is 19.5. The van der Waals surface area contributed by atoms with Gasteiger partial charge in [0.25, 0.3) is 0 Å². The quantitative estimate of drug-likeness (QED) is 0.741. The van der Waals surface area contributed by atoms with Crippen LogP contribution in [0.25, 0.3) is 6.08 Å². The standard InChI is InChI=1S/C17H16Cl2N2O3S/c18-15-7-6-14(12-16(15)19)21-17(22)8-10-20-25(23,24)11-9-13-4-2-1-3-5-13/h1-7,9,11-12,20H,8,10H2,(H,21,22)/b11-9+. The minimum atomic E-state index is -3.61. The van der Waals surface area contributed by atoms with Crippen molar-refractivity contribution in [3.8, 4) is 0 Å². The van der Waals surface area contributed by atoms with Crippen LogP contribution in [0.15, 0.2) is 53.9 Å². The number of carbonyl (C=O) groups is 1. The number of sulfonamides is 1. The van der Waals surface area contributed by atoms with Gasteiger partial charge in [-0.3, -0.25) is 4.79 Å². The molecule has 0 heterocycles. The molecule has 0 spiro atoms. The van der Waals surface area contributed by atoms with Gasteiger partial charge in [0.1, 0.15) is 0 Å². The van der Waals surface area contributed by atoms with Gasteiger partial charge >= 0.3 is 0 Å². The maximum Gasteiger partial charge on any atom is 0.233 e. The van der Waals surface area contributed by atoms with Crippen molar-refractivity contribution in [1.29, 1.82) is 0 Å². The second-order valence-electron chi connectivity index (χ2n) is 5.08. The number of rotatable bonds is 7. The summed E-state index contributed by atoms with van der Waals surface area (Å²) in [5, 5.41) is 4.40. The van der Waals surface area contributed by atoms with Crippen LogP contribution < -0.4 is 10.0 Å². The zero-order valence-corrected chi connectivity index (χ0v) is 15.4. The molecule has 2 N–H and O–H groups in total. The van der Waals surface area contributed by atoms with Gasteiger partial charge in [0.15, 0.2) is 0 Å². The van der Waals surface area contributed by atoms with Crippen LogP contribution in [0.5, 0.6) is 0 Å². The molecule has 1 amide bonds. The molecule has 0 bridgehead atoms. The minimum absolute atomic E-state index is 0.0152. The van der Waals surface area contributed by atoms with Crippen molar-refractivity contribution < 1.29 is 13.2 Å². The van der Waals surface area contributed by atoms with E-state index in [-0.39, 0.29) is 18.9 Å². The first-order valence-corrected chi connectivity index (χ1v) is 9.64. The molecule has 8 heteroatoms. The molecule has 0 fully saturated rings. The second kappa shape index (κ2) is 9.01. The summed E-state index contributed by atoms with van der Waals surface area (Å²) < 4.78 is 26.1. The average Bonchev–Trinajstić information content (AvgIpc) is 2.57. The molecule has 0 aliphatic carbocycles. The van der Waals surface area contributed by atoms with Gasteiger partial charge in [-0.25, -0.2) is 13.1 Å². The highest BCUT2D eigenvalue weighted by atomic mass is 35.5. The summed E-state index contributed by atoms with van der Waals surface area (Å²) >= 11 is 11.7. The topological polar surface area (TPSA) is 75.3 Å². The molecule has 0 saturated heterocycles. The van der Waals surface area contributed by atoms with Gasteiger partial charge in [0.05, 0.1) is 10.0 Å². The van der Waals surface area contributed by atoms with E-state index in [1.807, 2.05) is 18.2 Å². The number of benzene rings is 2. The molecule has 2 aromatic carbocycles. The molecule has 2 rings (SSSR count). The fourth-order valence-electron chi connectivity index (χ4n) is 1.88. The lowest BCUT2D eigenvalue weighted by Crippen LogP contribution is -2.26. The van der Waals surface area contributed by atoms with E-state index in [1.165, 1.54) is 12.1 Å². The average molecular weight is 399 g/mol. The number of nitrogens with one attached hydrogen (secondary N) is 2. The van der Waals surface area contributed by atoms with E-state index in [0.717, 1.165) is 11.0 Å². The van der Waals surface area contributed by atoms with Crippen molar-refractivity contribution in [2.24, 2.45) is 0 Å². The first-order chi connectivity index (χ1) is 11.9. The number of hydrogen-bond acceptors (Lipinski definition) is 3. The molecule has 5 nitrogen and oxygen atoms in total. The molecule has 0 atom stereocenters. The number of halogens is 2. The van der Waals surface area contributed by atoms with Gasteiger partial charge in [-0.15, -0.1) is 0 Å². The normalized spacial score (nSPS) is 11.6. The highest BCUT2D eigenvalue weighted by Gasteiger charge is 2.08. The van der Waals surface area contributed by atoms with Gasteiger partial charge in [0.2, 0.25) is 15.9 Å². The van der Waals surface area contributed by atoms with E-state index in [1.54, 1.807) is 24.3 Å². The lowest BCUT2D eigenvalue weighted by Gasteiger charge is -2.07. The third kappa shape index (κ3) is 6.88. The van der Waals surface area contributed by atoms with Crippen molar-refractivity contribution in [1.82, 2.24) is 4.72 Å². The molecule has 0 saturated carbocycles. The monoisotopic (exact) mass is 398 g/mol.